The number of pyridine rings is 1. The monoisotopic (exact) mass is 372 g/mol. The molecule has 3 rings (SSSR count). The zero-order chi connectivity index (χ0) is 19.3. The molecule has 1 fully saturated rings. The van der Waals surface area contributed by atoms with E-state index < -0.39 is 5.41 Å². The lowest BCUT2D eigenvalue weighted by atomic mass is 9.74. The number of nitrogens with one attached hydrogen (secondary N) is 1. The van der Waals surface area contributed by atoms with E-state index in [-0.39, 0.29) is 24.4 Å². The van der Waals surface area contributed by atoms with E-state index in [0.29, 0.717) is 38.0 Å². The van der Waals surface area contributed by atoms with Gasteiger partial charge in [-0.15, -0.1) is 0 Å². The fourth-order valence-corrected chi connectivity index (χ4v) is 3.44. The van der Waals surface area contributed by atoms with Gasteiger partial charge in [-0.1, -0.05) is 18.2 Å². The maximum absolute atomic E-state index is 14.8. The molecule has 1 amide bonds. The fourth-order valence-electron chi connectivity index (χ4n) is 3.44. The number of aliphatic hydroxyl groups excluding tert-OH is 1. The minimum Gasteiger partial charge on any atom is -0.394 e. The molecule has 1 aliphatic rings. The molecule has 2 N–H and O–H groups in total. The Balaban J connectivity index is 1.84. The van der Waals surface area contributed by atoms with Gasteiger partial charge in [-0.25, -0.2) is 4.39 Å². The molecule has 5 nitrogen and oxygen atoms in total. The first kappa shape index (κ1) is 19.5. The van der Waals surface area contributed by atoms with Gasteiger partial charge in [0.25, 0.3) is 0 Å². The van der Waals surface area contributed by atoms with E-state index in [9.17, 15) is 14.3 Å². The van der Waals surface area contributed by atoms with E-state index in [1.54, 1.807) is 25.4 Å². The van der Waals surface area contributed by atoms with Crippen LogP contribution in [0.1, 0.15) is 25.3 Å². The molecule has 144 valence electrons. The molecular formula is C21H25FN2O3. The summed E-state index contributed by atoms with van der Waals surface area (Å²) in [6.45, 7) is 2.55. The van der Waals surface area contributed by atoms with Gasteiger partial charge < -0.3 is 15.2 Å². The van der Waals surface area contributed by atoms with Crippen molar-refractivity contribution in [3.8, 4) is 11.1 Å². The van der Waals surface area contributed by atoms with Gasteiger partial charge in [0.1, 0.15) is 5.82 Å². The number of rotatable bonds is 6. The van der Waals surface area contributed by atoms with Crippen molar-refractivity contribution in [2.45, 2.75) is 32.2 Å². The molecule has 0 radical (unpaired) electrons. The summed E-state index contributed by atoms with van der Waals surface area (Å²) in [6, 6.07) is 8.45. The average molecular weight is 372 g/mol. The van der Waals surface area contributed by atoms with Gasteiger partial charge in [-0.3, -0.25) is 9.78 Å². The number of benzene rings is 1. The molecule has 1 atom stereocenters. The molecule has 6 heteroatoms. The largest absolute Gasteiger partial charge is 0.394 e. The Hall–Kier alpha value is -2.31. The van der Waals surface area contributed by atoms with E-state index in [1.165, 1.54) is 6.07 Å². The van der Waals surface area contributed by atoms with Crippen LogP contribution < -0.4 is 5.32 Å². The van der Waals surface area contributed by atoms with Crippen LogP contribution in [0.4, 0.5) is 4.39 Å². The molecule has 1 saturated heterocycles. The summed E-state index contributed by atoms with van der Waals surface area (Å²) in [5.74, 6) is -0.478. The maximum atomic E-state index is 14.8. The summed E-state index contributed by atoms with van der Waals surface area (Å²) in [7, 11) is 0. The van der Waals surface area contributed by atoms with Crippen LogP contribution in [0, 0.1) is 11.2 Å². The minimum atomic E-state index is -0.724. The predicted molar refractivity (Wildman–Crippen MR) is 101 cm³/mol. The number of hydrogen-bond donors (Lipinski definition) is 2. The van der Waals surface area contributed by atoms with Crippen LogP contribution in [-0.2, 0) is 16.0 Å². The van der Waals surface area contributed by atoms with Crippen molar-refractivity contribution < 1.29 is 19.0 Å². The smallest absolute Gasteiger partial charge is 0.227 e. The van der Waals surface area contributed by atoms with Crippen LogP contribution >= 0.6 is 0 Å². The van der Waals surface area contributed by atoms with E-state index in [1.807, 2.05) is 18.2 Å². The van der Waals surface area contributed by atoms with Crippen molar-refractivity contribution in [1.29, 1.82) is 0 Å². The second kappa shape index (κ2) is 8.59. The molecule has 1 aromatic heterocycles. The maximum Gasteiger partial charge on any atom is 0.227 e. The lowest BCUT2D eigenvalue weighted by Gasteiger charge is -2.36. The number of amides is 1. The Bertz CT molecular complexity index is 776. The highest BCUT2D eigenvalue weighted by Gasteiger charge is 2.41. The molecule has 0 aliphatic carbocycles. The second-order valence-corrected chi connectivity index (χ2v) is 7.17. The summed E-state index contributed by atoms with van der Waals surface area (Å²) in [5.41, 5.74) is 1.39. The van der Waals surface area contributed by atoms with Crippen molar-refractivity contribution in [1.82, 2.24) is 10.3 Å². The van der Waals surface area contributed by atoms with Crippen LogP contribution in [-0.4, -0.2) is 41.9 Å². The van der Waals surface area contributed by atoms with Crippen molar-refractivity contribution in [2.24, 2.45) is 5.41 Å². The number of carbonyl (C=O) groups is 1. The number of nitrogens with zero attached hydrogens (tertiary/aromatic N) is 1. The Morgan fingerprint density at radius 3 is 2.74 bits per heavy atom. The molecule has 2 aromatic rings. The number of ether oxygens (including phenoxy) is 1. The van der Waals surface area contributed by atoms with E-state index >= 15 is 0 Å². The van der Waals surface area contributed by atoms with Gasteiger partial charge >= 0.3 is 0 Å². The summed E-state index contributed by atoms with van der Waals surface area (Å²) < 4.78 is 20.3. The Labute approximate surface area is 158 Å². The number of aromatic nitrogens is 1. The van der Waals surface area contributed by atoms with Gasteiger partial charge in [0.15, 0.2) is 0 Å². The topological polar surface area (TPSA) is 71.5 Å². The lowest BCUT2D eigenvalue weighted by Crippen LogP contribution is -2.49. The standard InChI is InChI=1S/C21H25FN2O3/c1-15(14-25)24-20(26)21(6-9-27-10-7-21)12-17-5-4-16(11-19(17)22)18-3-2-8-23-13-18/h2-5,8,11,13,15,25H,6-7,9-10,12,14H2,1H3,(H,24,26)/t15-/m0/s1. The SMILES string of the molecule is C[C@@H](CO)NC(=O)C1(Cc2ccc(-c3cccnc3)cc2F)CCOCC1. The summed E-state index contributed by atoms with van der Waals surface area (Å²) in [4.78, 5) is 17.0. The van der Waals surface area contributed by atoms with Gasteiger partial charge in [0.05, 0.1) is 12.0 Å². The fraction of sp³-hybridized carbons (Fsp3) is 0.429. The van der Waals surface area contributed by atoms with Crippen molar-refractivity contribution >= 4 is 5.91 Å². The highest BCUT2D eigenvalue weighted by atomic mass is 19.1. The van der Waals surface area contributed by atoms with E-state index in [2.05, 4.69) is 10.3 Å². The Morgan fingerprint density at radius 1 is 1.33 bits per heavy atom. The number of hydrogen-bond acceptors (Lipinski definition) is 4. The normalized spacial score (nSPS) is 17.3. The molecule has 0 unspecified atom stereocenters. The number of aliphatic hydroxyl groups is 1. The molecule has 0 saturated carbocycles. The van der Waals surface area contributed by atoms with Crippen molar-refractivity contribution in [3.05, 3.63) is 54.1 Å². The van der Waals surface area contributed by atoms with Crippen LogP contribution in [0.5, 0.6) is 0 Å². The number of halogens is 1. The molecule has 0 spiro atoms. The van der Waals surface area contributed by atoms with Gasteiger partial charge in [0.2, 0.25) is 5.91 Å². The zero-order valence-corrected chi connectivity index (χ0v) is 15.5. The highest BCUT2D eigenvalue weighted by molar-refractivity contribution is 5.83. The lowest BCUT2D eigenvalue weighted by molar-refractivity contribution is -0.137. The van der Waals surface area contributed by atoms with Gasteiger partial charge in [0, 0.05) is 37.2 Å². The first-order chi connectivity index (χ1) is 13.0. The summed E-state index contributed by atoms with van der Waals surface area (Å²) in [6.07, 6.45) is 4.73. The molecule has 2 heterocycles. The Morgan fingerprint density at radius 2 is 2.11 bits per heavy atom. The third-order valence-corrected chi connectivity index (χ3v) is 5.16. The predicted octanol–water partition coefficient (Wildman–Crippen LogP) is 2.72. The molecule has 0 bridgehead atoms. The third kappa shape index (κ3) is 4.51. The van der Waals surface area contributed by atoms with Crippen LogP contribution in [0.2, 0.25) is 0 Å². The van der Waals surface area contributed by atoms with E-state index in [4.69, 9.17) is 4.74 Å². The first-order valence-electron chi connectivity index (χ1n) is 9.22. The summed E-state index contributed by atoms with van der Waals surface area (Å²) >= 11 is 0. The molecule has 27 heavy (non-hydrogen) atoms. The van der Waals surface area contributed by atoms with Crippen LogP contribution in [0.3, 0.4) is 0 Å². The zero-order valence-electron chi connectivity index (χ0n) is 15.5. The summed E-state index contributed by atoms with van der Waals surface area (Å²) in [5, 5.41) is 12.1. The van der Waals surface area contributed by atoms with Gasteiger partial charge in [-0.2, -0.15) is 0 Å². The minimum absolute atomic E-state index is 0.132. The molecular weight excluding hydrogens is 347 g/mol. The average Bonchev–Trinajstić information content (AvgIpc) is 2.70. The second-order valence-electron chi connectivity index (χ2n) is 7.17. The quantitative estimate of drug-likeness (QED) is 0.818. The van der Waals surface area contributed by atoms with E-state index in [0.717, 1.165) is 11.1 Å². The highest BCUT2D eigenvalue weighted by Crippen LogP contribution is 2.36. The van der Waals surface area contributed by atoms with Crippen molar-refractivity contribution in [2.75, 3.05) is 19.8 Å². The Kier molecular flexibility index (Phi) is 6.19. The first-order valence-corrected chi connectivity index (χ1v) is 9.22. The molecule has 1 aromatic carbocycles. The molecule has 1 aliphatic heterocycles. The van der Waals surface area contributed by atoms with Crippen LogP contribution in [0.15, 0.2) is 42.7 Å². The van der Waals surface area contributed by atoms with Crippen molar-refractivity contribution in [3.63, 3.8) is 0 Å². The number of carbonyl (C=O) groups excluding carboxylic acids is 1. The van der Waals surface area contributed by atoms with Gasteiger partial charge in [-0.05, 0) is 49.4 Å². The van der Waals surface area contributed by atoms with Crippen LogP contribution in [0.25, 0.3) is 11.1 Å². The third-order valence-electron chi connectivity index (χ3n) is 5.16.